The first kappa shape index (κ1) is 18.5. The maximum Gasteiger partial charge on any atom is 0.223 e. The van der Waals surface area contributed by atoms with Crippen molar-refractivity contribution < 1.29 is 9.47 Å². The van der Waals surface area contributed by atoms with Crippen molar-refractivity contribution >= 4 is 0 Å². The zero-order chi connectivity index (χ0) is 18.4. The highest BCUT2D eigenvalue weighted by Gasteiger charge is 2.10. The fourth-order valence-electron chi connectivity index (χ4n) is 3.51. The maximum absolute atomic E-state index is 11.8. The van der Waals surface area contributed by atoms with Gasteiger partial charge in [-0.05, 0) is 63.5 Å². The Morgan fingerprint density at radius 1 is 1.04 bits per heavy atom. The fraction of sp³-hybridized carbons (Fsp3) is 0.476. The molecule has 1 fully saturated rings. The van der Waals surface area contributed by atoms with Gasteiger partial charge in [-0.25, -0.2) is 0 Å². The summed E-state index contributed by atoms with van der Waals surface area (Å²) in [5, 5.41) is 0. The Balaban J connectivity index is 1.56. The molecular formula is C21H28N2O3. The average molecular weight is 356 g/mol. The molecule has 0 N–H and O–H groups in total. The van der Waals surface area contributed by atoms with Crippen molar-refractivity contribution in [1.82, 2.24) is 9.47 Å². The second kappa shape index (κ2) is 8.90. The molecule has 1 saturated heterocycles. The predicted molar refractivity (Wildman–Crippen MR) is 104 cm³/mol. The lowest BCUT2D eigenvalue weighted by Crippen LogP contribution is -2.31. The molecule has 26 heavy (non-hydrogen) atoms. The molecule has 1 aliphatic rings. The third-order valence-corrected chi connectivity index (χ3v) is 4.94. The Morgan fingerprint density at radius 3 is 2.46 bits per heavy atom. The number of ether oxygens (including phenoxy) is 2. The van der Waals surface area contributed by atoms with E-state index in [1.165, 1.54) is 45.5 Å². The van der Waals surface area contributed by atoms with Crippen molar-refractivity contribution in [2.75, 3.05) is 33.4 Å². The minimum absolute atomic E-state index is 0.102. The van der Waals surface area contributed by atoms with E-state index in [9.17, 15) is 4.79 Å². The molecule has 0 atom stereocenters. The number of aromatic nitrogens is 1. The predicted octanol–water partition coefficient (Wildman–Crippen LogP) is 3.41. The number of likely N-dealkylation sites (tertiary alicyclic amines) is 1. The van der Waals surface area contributed by atoms with Crippen LogP contribution in [-0.2, 0) is 0 Å². The molecule has 5 heteroatoms. The number of nitrogens with zero attached hydrogens (tertiary/aromatic N) is 2. The number of piperidine rings is 1. The molecule has 2 heterocycles. The quantitative estimate of drug-likeness (QED) is 0.713. The molecule has 3 rings (SSSR count). The topological polar surface area (TPSA) is 43.7 Å². The minimum atomic E-state index is -0.102. The number of hydrogen-bond donors (Lipinski definition) is 0. The Hall–Kier alpha value is -2.27. The number of benzene rings is 1. The monoisotopic (exact) mass is 356 g/mol. The van der Waals surface area contributed by atoms with Crippen LogP contribution in [0.3, 0.4) is 0 Å². The standard InChI is InChI=1S/C21H28N2O3/c1-17-21(25-2)20(24)11-15-23(17)18-7-9-19(10-8-18)26-16-6-14-22-12-4-3-5-13-22/h7-11,15H,3-6,12-14,16H2,1-2H3. The van der Waals surface area contributed by atoms with Gasteiger partial charge in [-0.2, -0.15) is 0 Å². The summed E-state index contributed by atoms with van der Waals surface area (Å²) in [6.07, 6.45) is 6.86. The van der Waals surface area contributed by atoms with Gasteiger partial charge >= 0.3 is 0 Å². The summed E-state index contributed by atoms with van der Waals surface area (Å²) in [6, 6.07) is 9.46. The Morgan fingerprint density at radius 2 is 1.77 bits per heavy atom. The summed E-state index contributed by atoms with van der Waals surface area (Å²) >= 11 is 0. The fourth-order valence-corrected chi connectivity index (χ4v) is 3.51. The average Bonchev–Trinajstić information content (AvgIpc) is 2.67. The molecule has 1 aliphatic heterocycles. The molecule has 0 unspecified atom stereocenters. The van der Waals surface area contributed by atoms with Gasteiger partial charge in [-0.1, -0.05) is 6.42 Å². The minimum Gasteiger partial charge on any atom is -0.494 e. The van der Waals surface area contributed by atoms with Gasteiger partial charge in [0.25, 0.3) is 0 Å². The van der Waals surface area contributed by atoms with Gasteiger partial charge in [0.2, 0.25) is 5.43 Å². The van der Waals surface area contributed by atoms with E-state index >= 15 is 0 Å². The van der Waals surface area contributed by atoms with Crippen LogP contribution < -0.4 is 14.9 Å². The first-order chi connectivity index (χ1) is 12.7. The molecule has 1 aromatic carbocycles. The van der Waals surface area contributed by atoms with E-state index < -0.39 is 0 Å². The van der Waals surface area contributed by atoms with Crippen molar-refractivity contribution in [3.63, 3.8) is 0 Å². The summed E-state index contributed by atoms with van der Waals surface area (Å²) in [7, 11) is 1.52. The normalized spacial score (nSPS) is 15.0. The largest absolute Gasteiger partial charge is 0.494 e. The lowest BCUT2D eigenvalue weighted by atomic mass is 10.1. The second-order valence-electron chi connectivity index (χ2n) is 6.77. The summed E-state index contributed by atoms with van der Waals surface area (Å²) in [5.74, 6) is 1.25. The van der Waals surface area contributed by atoms with Crippen LogP contribution in [0.15, 0.2) is 41.3 Å². The van der Waals surface area contributed by atoms with Crippen molar-refractivity contribution in [1.29, 1.82) is 0 Å². The van der Waals surface area contributed by atoms with Crippen LogP contribution in [0, 0.1) is 6.92 Å². The first-order valence-electron chi connectivity index (χ1n) is 9.41. The third-order valence-electron chi connectivity index (χ3n) is 4.94. The van der Waals surface area contributed by atoms with Gasteiger partial charge < -0.3 is 18.9 Å². The molecule has 0 bridgehead atoms. The number of rotatable bonds is 7. The molecule has 0 spiro atoms. The van der Waals surface area contributed by atoms with E-state index in [1.807, 2.05) is 35.8 Å². The molecule has 0 amide bonds. The van der Waals surface area contributed by atoms with Gasteiger partial charge in [-0.15, -0.1) is 0 Å². The summed E-state index contributed by atoms with van der Waals surface area (Å²) < 4.78 is 13.0. The van der Waals surface area contributed by atoms with E-state index in [0.29, 0.717) is 5.75 Å². The van der Waals surface area contributed by atoms with E-state index in [4.69, 9.17) is 9.47 Å². The zero-order valence-electron chi connectivity index (χ0n) is 15.7. The Bertz CT molecular complexity index is 762. The van der Waals surface area contributed by atoms with Gasteiger partial charge in [0.05, 0.1) is 19.4 Å². The summed E-state index contributed by atoms with van der Waals surface area (Å²) in [4.78, 5) is 14.3. The highest BCUT2D eigenvalue weighted by atomic mass is 16.5. The van der Waals surface area contributed by atoms with E-state index in [0.717, 1.165) is 36.7 Å². The van der Waals surface area contributed by atoms with Gasteiger partial charge in [0.1, 0.15) is 5.75 Å². The van der Waals surface area contributed by atoms with Crippen LogP contribution in [0.5, 0.6) is 11.5 Å². The Labute approximate surface area is 155 Å². The summed E-state index contributed by atoms with van der Waals surface area (Å²) in [6.45, 7) is 6.20. The van der Waals surface area contributed by atoms with Crippen LogP contribution in [0.2, 0.25) is 0 Å². The molecule has 0 aliphatic carbocycles. The highest BCUT2D eigenvalue weighted by Crippen LogP contribution is 2.20. The van der Waals surface area contributed by atoms with E-state index in [1.54, 1.807) is 6.20 Å². The maximum atomic E-state index is 11.8. The molecule has 0 saturated carbocycles. The van der Waals surface area contributed by atoms with Crippen molar-refractivity contribution in [2.45, 2.75) is 32.6 Å². The van der Waals surface area contributed by atoms with Crippen LogP contribution in [0.4, 0.5) is 0 Å². The van der Waals surface area contributed by atoms with Crippen LogP contribution in [-0.4, -0.2) is 42.8 Å². The van der Waals surface area contributed by atoms with Gasteiger partial charge in [0, 0.05) is 24.5 Å². The van der Waals surface area contributed by atoms with Crippen molar-refractivity contribution in [3.8, 4) is 17.2 Å². The molecular weight excluding hydrogens is 328 g/mol. The first-order valence-corrected chi connectivity index (χ1v) is 9.41. The lowest BCUT2D eigenvalue weighted by molar-refractivity contribution is 0.205. The van der Waals surface area contributed by atoms with Crippen LogP contribution >= 0.6 is 0 Å². The highest BCUT2D eigenvalue weighted by molar-refractivity contribution is 5.41. The lowest BCUT2D eigenvalue weighted by Gasteiger charge is -2.26. The van der Waals surface area contributed by atoms with Crippen LogP contribution in [0.25, 0.3) is 5.69 Å². The number of pyridine rings is 1. The SMILES string of the molecule is COc1c(C)n(-c2ccc(OCCCN3CCCCC3)cc2)ccc1=O. The third kappa shape index (κ3) is 4.47. The van der Waals surface area contributed by atoms with Crippen LogP contribution in [0.1, 0.15) is 31.4 Å². The Kier molecular flexibility index (Phi) is 6.34. The zero-order valence-corrected chi connectivity index (χ0v) is 15.7. The molecule has 2 aromatic rings. The van der Waals surface area contributed by atoms with E-state index in [-0.39, 0.29) is 5.43 Å². The molecule has 140 valence electrons. The van der Waals surface area contributed by atoms with E-state index in [2.05, 4.69) is 4.90 Å². The molecule has 5 nitrogen and oxygen atoms in total. The molecule has 1 aromatic heterocycles. The molecule has 0 radical (unpaired) electrons. The van der Waals surface area contributed by atoms with Crippen molar-refractivity contribution in [3.05, 3.63) is 52.4 Å². The number of methoxy groups -OCH3 is 1. The smallest absolute Gasteiger partial charge is 0.223 e. The van der Waals surface area contributed by atoms with Crippen molar-refractivity contribution in [2.24, 2.45) is 0 Å². The van der Waals surface area contributed by atoms with Gasteiger partial charge in [-0.3, -0.25) is 4.79 Å². The summed E-state index contributed by atoms with van der Waals surface area (Å²) in [5.41, 5.74) is 1.66. The number of hydrogen-bond acceptors (Lipinski definition) is 4. The second-order valence-corrected chi connectivity index (χ2v) is 6.77. The van der Waals surface area contributed by atoms with Gasteiger partial charge in [0.15, 0.2) is 5.75 Å².